The first-order chi connectivity index (χ1) is 18.5. The topological polar surface area (TPSA) is 197 Å². The Hall–Kier alpha value is -3.51. The lowest BCUT2D eigenvalue weighted by molar-refractivity contribution is -0.138. The maximum Gasteiger partial charge on any atom is 0.303 e. The van der Waals surface area contributed by atoms with E-state index in [-0.39, 0.29) is 25.1 Å². The molecule has 0 spiro atoms. The molecule has 12 nitrogen and oxygen atoms in total. The molecule has 0 saturated carbocycles. The minimum absolute atomic E-state index is 0.135. The summed E-state index contributed by atoms with van der Waals surface area (Å²) in [5, 5.41) is 19.3. The van der Waals surface area contributed by atoms with Crippen molar-refractivity contribution in [1.29, 1.82) is 0 Å². The van der Waals surface area contributed by atoms with Crippen molar-refractivity contribution >= 4 is 47.0 Å². The van der Waals surface area contributed by atoms with E-state index < -0.39 is 66.0 Å². The number of nitrogens with one attached hydrogen (secondary N) is 4. The Bertz CT molecular complexity index is 992. The van der Waals surface area contributed by atoms with Crippen molar-refractivity contribution in [3.8, 4) is 0 Å². The summed E-state index contributed by atoms with van der Waals surface area (Å²) < 4.78 is 0. The molecule has 0 saturated heterocycles. The quantitative estimate of drug-likeness (QED) is 0.105. The number of unbranched alkanes of at least 4 members (excludes halogenated alkanes) is 1. The number of amides is 4. The first kappa shape index (κ1) is 33.5. The van der Waals surface area contributed by atoms with Gasteiger partial charge in [-0.3, -0.25) is 28.8 Å². The lowest BCUT2D eigenvalue weighted by atomic mass is 10.0. The molecule has 0 bridgehead atoms. The summed E-state index contributed by atoms with van der Waals surface area (Å²) in [4.78, 5) is 74.0. The normalized spacial score (nSPS) is 13.7. The number of carbonyl (C=O) groups excluding carboxylic acids is 5. The van der Waals surface area contributed by atoms with E-state index in [1.807, 2.05) is 0 Å². The van der Waals surface area contributed by atoms with Crippen LogP contribution in [0.4, 0.5) is 0 Å². The molecule has 13 heteroatoms. The molecule has 0 aromatic heterocycles. The second kappa shape index (κ2) is 17.9. The minimum Gasteiger partial charge on any atom is -0.481 e. The summed E-state index contributed by atoms with van der Waals surface area (Å²) in [5.41, 5.74) is 6.30. The molecule has 0 unspecified atom stereocenters. The Labute approximate surface area is 232 Å². The zero-order valence-electron chi connectivity index (χ0n) is 22.2. The number of carbonyl (C=O) groups is 6. The zero-order valence-corrected chi connectivity index (χ0v) is 23.0. The Morgan fingerprint density at radius 2 is 1.41 bits per heavy atom. The predicted octanol–water partition coefficient (Wildman–Crippen LogP) is 0.00980. The van der Waals surface area contributed by atoms with Crippen LogP contribution in [0.1, 0.15) is 51.5 Å². The summed E-state index contributed by atoms with van der Waals surface area (Å²) in [7, 11) is 0. The predicted molar refractivity (Wildman–Crippen MR) is 145 cm³/mol. The van der Waals surface area contributed by atoms with Crippen molar-refractivity contribution in [2.75, 3.05) is 12.4 Å². The fraction of sp³-hybridized carbons (Fsp3) is 0.538. The van der Waals surface area contributed by atoms with Gasteiger partial charge in [-0.05, 0) is 44.7 Å². The van der Waals surface area contributed by atoms with Crippen LogP contribution in [0.15, 0.2) is 30.3 Å². The number of aliphatic carboxylic acids is 1. The van der Waals surface area contributed by atoms with Crippen molar-refractivity contribution in [1.82, 2.24) is 21.3 Å². The van der Waals surface area contributed by atoms with Crippen molar-refractivity contribution in [2.24, 2.45) is 5.73 Å². The fourth-order valence-corrected chi connectivity index (χ4v) is 3.89. The van der Waals surface area contributed by atoms with Crippen LogP contribution in [0.5, 0.6) is 0 Å². The van der Waals surface area contributed by atoms with Gasteiger partial charge in [0, 0.05) is 19.8 Å². The highest BCUT2D eigenvalue weighted by Crippen LogP contribution is 2.08. The maximum absolute atomic E-state index is 13.2. The van der Waals surface area contributed by atoms with Crippen molar-refractivity contribution < 1.29 is 33.9 Å². The van der Waals surface area contributed by atoms with Gasteiger partial charge in [0.05, 0.1) is 11.9 Å². The molecule has 1 aromatic carbocycles. The van der Waals surface area contributed by atoms with Crippen molar-refractivity contribution in [2.45, 2.75) is 76.5 Å². The number of benzene rings is 1. The molecule has 0 heterocycles. The number of alkyl halides is 1. The number of Topliss-reactive ketones (excluding diaryl/α,β-unsaturated/α-hetero) is 1. The van der Waals surface area contributed by atoms with Crippen LogP contribution in [-0.4, -0.2) is 77.1 Å². The SMILES string of the molecule is CC(=O)N[C@@H](Cc1ccccc1)C(=O)N[C@@H](CCC(=O)O)C(=O)N[C@@H](CCCCN)C(=O)N[C@@H](C)C(=O)CCl. The molecule has 0 aliphatic rings. The summed E-state index contributed by atoms with van der Waals surface area (Å²) >= 11 is 5.56. The van der Waals surface area contributed by atoms with Gasteiger partial charge in [0.25, 0.3) is 0 Å². The molecule has 216 valence electrons. The first-order valence-electron chi connectivity index (χ1n) is 12.7. The molecule has 4 atom stereocenters. The van der Waals surface area contributed by atoms with E-state index in [0.717, 1.165) is 5.56 Å². The van der Waals surface area contributed by atoms with Crippen molar-refractivity contribution in [3.63, 3.8) is 0 Å². The summed E-state index contributed by atoms with van der Waals surface area (Å²) in [5.74, 6) is -4.46. The molecule has 39 heavy (non-hydrogen) atoms. The number of rotatable bonds is 18. The number of carboxylic acids is 1. The highest BCUT2D eigenvalue weighted by Gasteiger charge is 2.30. The molecular weight excluding hydrogens is 530 g/mol. The Morgan fingerprint density at radius 3 is 1.95 bits per heavy atom. The third-order valence-electron chi connectivity index (χ3n) is 5.81. The molecule has 1 rings (SSSR count). The molecule has 0 aliphatic heterocycles. The van der Waals surface area contributed by atoms with E-state index in [1.165, 1.54) is 13.8 Å². The number of halogens is 1. The number of carboxylic acid groups (broad SMARTS) is 1. The Morgan fingerprint density at radius 1 is 0.846 bits per heavy atom. The highest BCUT2D eigenvalue weighted by molar-refractivity contribution is 6.28. The van der Waals surface area contributed by atoms with Gasteiger partial charge in [0.15, 0.2) is 5.78 Å². The average Bonchev–Trinajstić information content (AvgIpc) is 2.89. The van der Waals surface area contributed by atoms with Gasteiger partial charge in [-0.2, -0.15) is 0 Å². The number of nitrogens with two attached hydrogens (primary N) is 1. The largest absolute Gasteiger partial charge is 0.481 e. The smallest absolute Gasteiger partial charge is 0.303 e. The lowest BCUT2D eigenvalue weighted by Gasteiger charge is -2.26. The van der Waals surface area contributed by atoms with Gasteiger partial charge in [0.2, 0.25) is 23.6 Å². The van der Waals surface area contributed by atoms with Gasteiger partial charge in [-0.15, -0.1) is 11.6 Å². The van der Waals surface area contributed by atoms with Crippen LogP contribution in [0.2, 0.25) is 0 Å². The van der Waals surface area contributed by atoms with Crippen LogP contribution in [0.25, 0.3) is 0 Å². The monoisotopic (exact) mass is 567 g/mol. The average molecular weight is 568 g/mol. The molecule has 4 amide bonds. The third kappa shape index (κ3) is 13.2. The summed E-state index contributed by atoms with van der Waals surface area (Å²) in [6.07, 6.45) is 0.693. The second-order valence-corrected chi connectivity index (χ2v) is 9.38. The van der Waals surface area contributed by atoms with Crippen LogP contribution < -0.4 is 27.0 Å². The number of hydrogen-bond donors (Lipinski definition) is 6. The third-order valence-corrected chi connectivity index (χ3v) is 6.07. The van der Waals surface area contributed by atoms with Crippen LogP contribution >= 0.6 is 11.6 Å². The number of hydrogen-bond acceptors (Lipinski definition) is 7. The molecule has 0 radical (unpaired) electrons. The lowest BCUT2D eigenvalue weighted by Crippen LogP contribution is -2.57. The van der Waals surface area contributed by atoms with Gasteiger partial charge < -0.3 is 32.1 Å². The van der Waals surface area contributed by atoms with Gasteiger partial charge in [0.1, 0.15) is 18.1 Å². The molecular formula is C26H38ClN5O7. The van der Waals surface area contributed by atoms with Crippen LogP contribution in [0.3, 0.4) is 0 Å². The van der Waals surface area contributed by atoms with E-state index in [0.29, 0.717) is 19.4 Å². The zero-order chi connectivity index (χ0) is 29.4. The van der Waals surface area contributed by atoms with Gasteiger partial charge in [-0.25, -0.2) is 0 Å². The first-order valence-corrected chi connectivity index (χ1v) is 13.2. The van der Waals surface area contributed by atoms with E-state index in [4.69, 9.17) is 22.4 Å². The second-order valence-electron chi connectivity index (χ2n) is 9.11. The Balaban J connectivity index is 3.09. The van der Waals surface area contributed by atoms with Crippen LogP contribution in [-0.2, 0) is 35.2 Å². The standard InChI is InChI=1S/C26H38ClN5O7/c1-16(22(34)15-27)29-24(37)19(10-6-7-13-28)31-25(38)20(11-12-23(35)36)32-26(39)21(30-17(2)33)14-18-8-4-3-5-9-18/h3-5,8-9,16,19-21H,6-7,10-15,28H2,1-2H3,(H,29,37)(H,30,33)(H,31,38)(H,32,39)(H,35,36)/t16-,19-,20-,21-/m0/s1. The van der Waals surface area contributed by atoms with Gasteiger partial charge >= 0.3 is 5.97 Å². The van der Waals surface area contributed by atoms with E-state index >= 15 is 0 Å². The highest BCUT2D eigenvalue weighted by atomic mass is 35.5. The maximum atomic E-state index is 13.2. The molecule has 7 N–H and O–H groups in total. The summed E-state index contributed by atoms with van der Waals surface area (Å²) in [6, 6.07) is 4.60. The molecule has 0 fully saturated rings. The van der Waals surface area contributed by atoms with Crippen molar-refractivity contribution in [3.05, 3.63) is 35.9 Å². The number of ketones is 1. The van der Waals surface area contributed by atoms with Gasteiger partial charge in [-0.1, -0.05) is 30.3 Å². The van der Waals surface area contributed by atoms with Crippen LogP contribution in [0, 0.1) is 0 Å². The molecule has 0 aliphatic carbocycles. The minimum atomic E-state index is -1.31. The van der Waals surface area contributed by atoms with E-state index in [9.17, 15) is 28.8 Å². The molecule has 1 aromatic rings. The summed E-state index contributed by atoms with van der Waals surface area (Å²) in [6.45, 7) is 3.08. The fourth-order valence-electron chi connectivity index (χ4n) is 3.66. The van der Waals surface area contributed by atoms with E-state index in [1.54, 1.807) is 30.3 Å². The Kier molecular flexibility index (Phi) is 15.4. The van der Waals surface area contributed by atoms with E-state index in [2.05, 4.69) is 21.3 Å².